The highest BCUT2D eigenvalue weighted by Gasteiger charge is 2.20. The fourth-order valence-electron chi connectivity index (χ4n) is 2.56. The highest BCUT2D eigenvalue weighted by atomic mass is 16.5. The van der Waals surface area contributed by atoms with Crippen LogP contribution in [0.1, 0.15) is 34.6 Å². The first-order chi connectivity index (χ1) is 12.5. The van der Waals surface area contributed by atoms with Crippen molar-refractivity contribution >= 4 is 5.91 Å². The van der Waals surface area contributed by atoms with Crippen molar-refractivity contribution in [2.75, 3.05) is 6.54 Å². The van der Waals surface area contributed by atoms with Crippen molar-refractivity contribution in [2.45, 2.75) is 27.3 Å². The maximum absolute atomic E-state index is 12.7. The van der Waals surface area contributed by atoms with Crippen molar-refractivity contribution in [3.63, 3.8) is 0 Å². The molecule has 134 valence electrons. The van der Waals surface area contributed by atoms with Gasteiger partial charge in [-0.2, -0.15) is 4.98 Å². The van der Waals surface area contributed by atoms with Gasteiger partial charge in [0, 0.05) is 25.2 Å². The Labute approximate surface area is 149 Å². The van der Waals surface area contributed by atoms with Crippen molar-refractivity contribution in [3.8, 4) is 11.4 Å². The number of rotatable bonds is 5. The topological polar surface area (TPSA) is 105 Å². The molecule has 1 amide bonds. The van der Waals surface area contributed by atoms with E-state index in [1.54, 1.807) is 6.92 Å². The number of hydrogen-bond acceptors (Lipinski definition) is 6. The second-order valence-electron chi connectivity index (χ2n) is 5.89. The minimum atomic E-state index is -0.482. The smallest absolute Gasteiger partial charge is 0.264 e. The average molecular weight is 353 g/mol. The van der Waals surface area contributed by atoms with Gasteiger partial charge in [-0.15, -0.1) is 0 Å². The number of nitrogens with one attached hydrogen (secondary N) is 1. The first kappa shape index (κ1) is 17.5. The van der Waals surface area contributed by atoms with Gasteiger partial charge in [0.25, 0.3) is 11.5 Å². The van der Waals surface area contributed by atoms with E-state index in [1.165, 1.54) is 11.1 Å². The van der Waals surface area contributed by atoms with Crippen LogP contribution >= 0.6 is 0 Å². The van der Waals surface area contributed by atoms with Crippen molar-refractivity contribution in [1.82, 2.24) is 25.0 Å². The highest BCUT2D eigenvalue weighted by molar-refractivity contribution is 5.93. The summed E-state index contributed by atoms with van der Waals surface area (Å²) in [5.74, 6) is 0.801. The molecular formula is C18H19N5O3. The molecule has 0 aliphatic rings. The standard InChI is InChI=1S/C18H19N5O3/c1-4-23(10-15-20-12(3)26-22-15)18(25)14-9-19-16(21-17(14)24)13-7-5-6-11(2)8-13/h5-9H,4,10H2,1-3H3,(H,19,21,24). The van der Waals surface area contributed by atoms with Gasteiger partial charge in [-0.05, 0) is 19.9 Å². The molecule has 0 aliphatic heterocycles. The van der Waals surface area contributed by atoms with E-state index in [1.807, 2.05) is 38.1 Å². The van der Waals surface area contributed by atoms with Gasteiger partial charge in [-0.25, -0.2) is 4.98 Å². The van der Waals surface area contributed by atoms with E-state index in [-0.39, 0.29) is 12.1 Å². The van der Waals surface area contributed by atoms with Gasteiger partial charge in [0.1, 0.15) is 11.4 Å². The fraction of sp³-hybridized carbons (Fsp3) is 0.278. The van der Waals surface area contributed by atoms with Crippen molar-refractivity contribution in [2.24, 2.45) is 0 Å². The SMILES string of the molecule is CCN(Cc1noc(C)n1)C(=O)c1cnc(-c2cccc(C)c2)[nH]c1=O. The summed E-state index contributed by atoms with van der Waals surface area (Å²) in [5.41, 5.74) is 1.33. The molecule has 1 N–H and O–H groups in total. The average Bonchev–Trinajstić information content (AvgIpc) is 3.04. The molecule has 0 aliphatic carbocycles. The molecule has 26 heavy (non-hydrogen) atoms. The summed E-state index contributed by atoms with van der Waals surface area (Å²) in [4.78, 5) is 37.6. The zero-order valence-electron chi connectivity index (χ0n) is 14.8. The number of amides is 1. The number of nitrogens with zero attached hydrogens (tertiary/aromatic N) is 4. The fourth-order valence-corrected chi connectivity index (χ4v) is 2.56. The number of hydrogen-bond donors (Lipinski definition) is 1. The van der Waals surface area contributed by atoms with Crippen LogP contribution in [0.4, 0.5) is 0 Å². The summed E-state index contributed by atoms with van der Waals surface area (Å²) in [6.07, 6.45) is 1.31. The first-order valence-electron chi connectivity index (χ1n) is 8.22. The third-order valence-corrected chi connectivity index (χ3v) is 3.89. The monoisotopic (exact) mass is 353 g/mol. The molecule has 1 aromatic carbocycles. The van der Waals surface area contributed by atoms with E-state index in [4.69, 9.17) is 4.52 Å². The van der Waals surface area contributed by atoms with Gasteiger partial charge in [-0.3, -0.25) is 9.59 Å². The second kappa shape index (κ2) is 7.30. The molecule has 0 saturated heterocycles. The number of aryl methyl sites for hydroxylation is 2. The third kappa shape index (κ3) is 3.69. The normalized spacial score (nSPS) is 10.7. The predicted octanol–water partition coefficient (Wildman–Crippen LogP) is 2.10. The molecule has 0 bridgehead atoms. The van der Waals surface area contributed by atoms with Crippen LogP contribution in [-0.4, -0.2) is 37.5 Å². The molecule has 0 unspecified atom stereocenters. The second-order valence-corrected chi connectivity index (χ2v) is 5.89. The number of carbonyl (C=O) groups excluding carboxylic acids is 1. The van der Waals surface area contributed by atoms with E-state index >= 15 is 0 Å². The number of H-pyrrole nitrogens is 1. The Bertz CT molecular complexity index is 992. The minimum Gasteiger partial charge on any atom is -0.340 e. The van der Waals surface area contributed by atoms with Gasteiger partial charge < -0.3 is 14.4 Å². The lowest BCUT2D eigenvalue weighted by atomic mass is 10.1. The summed E-state index contributed by atoms with van der Waals surface area (Å²) in [7, 11) is 0. The van der Waals surface area contributed by atoms with E-state index in [2.05, 4.69) is 20.1 Å². The maximum Gasteiger partial charge on any atom is 0.264 e. The number of aromatic nitrogens is 4. The van der Waals surface area contributed by atoms with Crippen molar-refractivity contribution < 1.29 is 9.32 Å². The Morgan fingerprint density at radius 2 is 2.12 bits per heavy atom. The molecule has 0 atom stereocenters. The zero-order chi connectivity index (χ0) is 18.7. The van der Waals surface area contributed by atoms with Gasteiger partial charge >= 0.3 is 0 Å². The number of benzene rings is 1. The lowest BCUT2D eigenvalue weighted by Gasteiger charge is -2.18. The number of carbonyl (C=O) groups is 1. The van der Waals surface area contributed by atoms with Crippen LogP contribution in [0.15, 0.2) is 39.8 Å². The van der Waals surface area contributed by atoms with E-state index in [0.29, 0.717) is 24.1 Å². The van der Waals surface area contributed by atoms with Gasteiger partial charge in [0.05, 0.1) is 6.54 Å². The van der Waals surface area contributed by atoms with E-state index in [0.717, 1.165) is 11.1 Å². The zero-order valence-corrected chi connectivity index (χ0v) is 14.8. The largest absolute Gasteiger partial charge is 0.340 e. The Morgan fingerprint density at radius 3 is 2.73 bits per heavy atom. The number of aromatic amines is 1. The van der Waals surface area contributed by atoms with Crippen LogP contribution in [0.3, 0.4) is 0 Å². The summed E-state index contributed by atoms with van der Waals surface area (Å²) in [6, 6.07) is 7.61. The Morgan fingerprint density at radius 1 is 1.31 bits per heavy atom. The molecule has 0 fully saturated rings. The molecule has 3 rings (SSSR count). The van der Waals surface area contributed by atoms with Crippen LogP contribution in [0.2, 0.25) is 0 Å². The van der Waals surface area contributed by atoms with Crippen LogP contribution < -0.4 is 5.56 Å². The van der Waals surface area contributed by atoms with Crippen molar-refractivity contribution in [3.05, 3.63) is 63.7 Å². The van der Waals surface area contributed by atoms with E-state index in [9.17, 15) is 9.59 Å². The summed E-state index contributed by atoms with van der Waals surface area (Å²) in [5, 5.41) is 3.78. The molecule has 0 spiro atoms. The first-order valence-corrected chi connectivity index (χ1v) is 8.22. The molecule has 0 saturated carbocycles. The van der Waals surface area contributed by atoms with Gasteiger partial charge in [-0.1, -0.05) is 28.9 Å². The van der Waals surface area contributed by atoms with Crippen molar-refractivity contribution in [1.29, 1.82) is 0 Å². The maximum atomic E-state index is 12.7. The lowest BCUT2D eigenvalue weighted by Crippen LogP contribution is -2.35. The predicted molar refractivity (Wildman–Crippen MR) is 94.5 cm³/mol. The van der Waals surface area contributed by atoms with E-state index < -0.39 is 11.5 Å². The van der Waals surface area contributed by atoms with Crippen LogP contribution in [0.5, 0.6) is 0 Å². The Kier molecular flexibility index (Phi) is 4.92. The molecule has 2 aromatic heterocycles. The quantitative estimate of drug-likeness (QED) is 0.753. The molecular weight excluding hydrogens is 334 g/mol. The Balaban J connectivity index is 1.86. The lowest BCUT2D eigenvalue weighted by molar-refractivity contribution is 0.0745. The molecule has 8 heteroatoms. The summed E-state index contributed by atoms with van der Waals surface area (Å²) >= 11 is 0. The molecule has 8 nitrogen and oxygen atoms in total. The van der Waals surface area contributed by atoms with Crippen LogP contribution in [0, 0.1) is 13.8 Å². The van der Waals surface area contributed by atoms with Gasteiger partial charge in [0.2, 0.25) is 5.89 Å². The highest BCUT2D eigenvalue weighted by Crippen LogP contribution is 2.15. The minimum absolute atomic E-state index is 0.0246. The third-order valence-electron chi connectivity index (χ3n) is 3.89. The molecule has 0 radical (unpaired) electrons. The molecule has 2 heterocycles. The summed E-state index contributed by atoms with van der Waals surface area (Å²) < 4.78 is 4.91. The van der Waals surface area contributed by atoms with Crippen LogP contribution in [-0.2, 0) is 6.54 Å². The van der Waals surface area contributed by atoms with Crippen LogP contribution in [0.25, 0.3) is 11.4 Å². The van der Waals surface area contributed by atoms with Gasteiger partial charge in [0.15, 0.2) is 5.82 Å². The molecule has 3 aromatic rings. The summed E-state index contributed by atoms with van der Waals surface area (Å²) in [6.45, 7) is 6.00. The Hall–Kier alpha value is -3.29.